The van der Waals surface area contributed by atoms with Crippen LogP contribution < -0.4 is 5.19 Å². The monoisotopic (exact) mass is 332 g/mol. The first-order chi connectivity index (χ1) is 8.79. The van der Waals surface area contributed by atoms with Crippen LogP contribution in [0.1, 0.15) is 11.1 Å². The molecule has 100 valence electrons. The van der Waals surface area contributed by atoms with Crippen molar-refractivity contribution in [3.63, 3.8) is 0 Å². The van der Waals surface area contributed by atoms with Crippen LogP contribution in [0.2, 0.25) is 19.6 Å². The molecule has 19 heavy (non-hydrogen) atoms. The molecule has 0 radical (unpaired) electrons. The van der Waals surface area contributed by atoms with Crippen molar-refractivity contribution in [1.29, 1.82) is 0 Å². The third kappa shape index (κ3) is 3.18. The average Bonchev–Trinajstić information content (AvgIpc) is 2.33. The van der Waals surface area contributed by atoms with E-state index in [1.807, 2.05) is 0 Å². The molecule has 0 aliphatic rings. The summed E-state index contributed by atoms with van der Waals surface area (Å²) in [6, 6.07) is 13.6. The van der Waals surface area contributed by atoms with E-state index in [9.17, 15) is 0 Å². The minimum absolute atomic E-state index is 1.19. The van der Waals surface area contributed by atoms with E-state index in [0.29, 0.717) is 0 Å². The van der Waals surface area contributed by atoms with Crippen molar-refractivity contribution < 1.29 is 0 Å². The second-order valence-corrected chi connectivity index (χ2v) is 12.2. The quantitative estimate of drug-likeness (QED) is 0.656. The normalized spacial score (nSPS) is 11.7. The van der Waals surface area contributed by atoms with Crippen molar-refractivity contribution in [3.05, 3.63) is 52.0 Å². The topological polar surface area (TPSA) is 0 Å². The van der Waals surface area contributed by atoms with Crippen molar-refractivity contribution in [2.24, 2.45) is 0 Å². The summed E-state index contributed by atoms with van der Waals surface area (Å²) >= 11 is 3.60. The van der Waals surface area contributed by atoms with Crippen molar-refractivity contribution in [1.82, 2.24) is 0 Å². The number of aryl methyl sites for hydroxylation is 2. The molecule has 0 N–H and O–H groups in total. The molecule has 0 aromatic heterocycles. The van der Waals surface area contributed by atoms with Crippen molar-refractivity contribution in [2.45, 2.75) is 33.5 Å². The Balaban J connectivity index is 2.46. The van der Waals surface area contributed by atoms with Crippen LogP contribution >= 0.6 is 15.9 Å². The molecule has 0 aliphatic heterocycles. The summed E-state index contributed by atoms with van der Waals surface area (Å²) in [5.74, 6) is 0. The predicted molar refractivity (Wildman–Crippen MR) is 92.0 cm³/mol. The van der Waals surface area contributed by atoms with Gasteiger partial charge in [0.15, 0.2) is 0 Å². The minimum Gasteiger partial charge on any atom is -0.0656 e. The van der Waals surface area contributed by atoms with Crippen LogP contribution in [0.4, 0.5) is 0 Å². The van der Waals surface area contributed by atoms with Gasteiger partial charge in [-0.05, 0) is 42.2 Å². The van der Waals surface area contributed by atoms with E-state index in [0.717, 1.165) is 0 Å². The Kier molecular flexibility index (Phi) is 4.02. The van der Waals surface area contributed by atoms with Crippen LogP contribution in [0.3, 0.4) is 0 Å². The maximum atomic E-state index is 3.60. The first-order valence-corrected chi connectivity index (χ1v) is 11.0. The molecule has 2 aromatic carbocycles. The minimum atomic E-state index is -1.20. The van der Waals surface area contributed by atoms with Gasteiger partial charge in [0.2, 0.25) is 0 Å². The number of halogens is 1. The van der Waals surface area contributed by atoms with Gasteiger partial charge in [0.25, 0.3) is 0 Å². The molecule has 2 rings (SSSR count). The summed E-state index contributed by atoms with van der Waals surface area (Å²) in [7, 11) is -1.20. The van der Waals surface area contributed by atoms with Crippen LogP contribution in [0.5, 0.6) is 0 Å². The predicted octanol–water partition coefficient (Wildman–Crippen LogP) is 5.28. The van der Waals surface area contributed by atoms with Gasteiger partial charge >= 0.3 is 0 Å². The third-order valence-corrected chi connectivity index (χ3v) is 6.49. The summed E-state index contributed by atoms with van der Waals surface area (Å²) < 4.78 is 1.19. The Labute approximate surface area is 126 Å². The summed E-state index contributed by atoms with van der Waals surface area (Å²) in [5, 5.41) is 1.52. The molecule has 0 aliphatic carbocycles. The van der Waals surface area contributed by atoms with Gasteiger partial charge in [-0.25, -0.2) is 0 Å². The number of rotatable bonds is 2. The molecule has 0 atom stereocenters. The lowest BCUT2D eigenvalue weighted by atomic mass is 9.99. The van der Waals surface area contributed by atoms with E-state index < -0.39 is 8.07 Å². The van der Waals surface area contributed by atoms with E-state index >= 15 is 0 Å². The fourth-order valence-electron chi connectivity index (χ4n) is 2.24. The van der Waals surface area contributed by atoms with Crippen LogP contribution in [-0.2, 0) is 0 Å². The Bertz CT molecular complexity index is 592. The lowest BCUT2D eigenvalue weighted by molar-refractivity contribution is 1.36. The zero-order valence-electron chi connectivity index (χ0n) is 12.3. The maximum Gasteiger partial charge on any atom is 0.0775 e. The molecule has 0 saturated carbocycles. The first-order valence-electron chi connectivity index (χ1n) is 6.67. The van der Waals surface area contributed by atoms with E-state index in [1.165, 1.54) is 31.9 Å². The largest absolute Gasteiger partial charge is 0.0775 e. The van der Waals surface area contributed by atoms with Crippen LogP contribution in [-0.4, -0.2) is 8.07 Å². The van der Waals surface area contributed by atoms with E-state index in [4.69, 9.17) is 0 Å². The van der Waals surface area contributed by atoms with Gasteiger partial charge in [-0.3, -0.25) is 0 Å². The van der Waals surface area contributed by atoms with Crippen LogP contribution in [0.15, 0.2) is 40.9 Å². The van der Waals surface area contributed by atoms with E-state index in [1.54, 1.807) is 0 Å². The zero-order chi connectivity index (χ0) is 14.2. The molecule has 2 aromatic rings. The lowest BCUT2D eigenvalue weighted by Gasteiger charge is -2.17. The van der Waals surface area contributed by atoms with Gasteiger partial charge in [0.1, 0.15) is 0 Å². The zero-order valence-corrected chi connectivity index (χ0v) is 14.9. The van der Waals surface area contributed by atoms with Crippen molar-refractivity contribution in [3.8, 4) is 11.1 Å². The number of hydrogen-bond acceptors (Lipinski definition) is 0. The van der Waals surface area contributed by atoms with Crippen LogP contribution in [0.25, 0.3) is 11.1 Å². The van der Waals surface area contributed by atoms with Crippen molar-refractivity contribution in [2.75, 3.05) is 0 Å². The molecule has 0 nitrogen and oxygen atoms in total. The second-order valence-electron chi connectivity index (χ2n) is 6.24. The van der Waals surface area contributed by atoms with E-state index in [2.05, 4.69) is 85.8 Å². The Morgan fingerprint density at radius 3 is 1.95 bits per heavy atom. The molecule has 0 amide bonds. The van der Waals surface area contributed by atoms with Gasteiger partial charge in [0, 0.05) is 4.47 Å². The van der Waals surface area contributed by atoms with Crippen molar-refractivity contribution >= 4 is 29.2 Å². The summed E-state index contributed by atoms with van der Waals surface area (Å²) in [5.41, 5.74) is 5.26. The molecule has 0 heterocycles. The highest BCUT2D eigenvalue weighted by molar-refractivity contribution is 9.10. The smallest absolute Gasteiger partial charge is 0.0656 e. The highest BCUT2D eigenvalue weighted by Gasteiger charge is 2.16. The van der Waals surface area contributed by atoms with Gasteiger partial charge in [-0.1, -0.05) is 71.1 Å². The number of benzene rings is 2. The maximum absolute atomic E-state index is 3.60. The summed E-state index contributed by atoms with van der Waals surface area (Å²) in [6.07, 6.45) is 0. The standard InChI is InChI=1S/C17H21BrSi/c1-12-11-17(18)13(2)10-16(12)14-6-8-15(9-7-14)19(3,4)5/h6-11H,1-5H3. The molecule has 0 spiro atoms. The Morgan fingerprint density at radius 1 is 0.842 bits per heavy atom. The molecule has 0 fully saturated rings. The average molecular weight is 333 g/mol. The SMILES string of the molecule is Cc1cc(-c2ccc([Si](C)(C)C)cc2)c(C)cc1Br. The molecular formula is C17H21BrSi. The summed E-state index contributed by atoms with van der Waals surface area (Å²) in [4.78, 5) is 0. The summed E-state index contributed by atoms with van der Waals surface area (Å²) in [6.45, 7) is 11.5. The van der Waals surface area contributed by atoms with E-state index in [-0.39, 0.29) is 0 Å². The van der Waals surface area contributed by atoms with Gasteiger partial charge in [0.05, 0.1) is 8.07 Å². The third-order valence-electron chi connectivity index (χ3n) is 3.57. The fraction of sp³-hybridized carbons (Fsp3) is 0.294. The highest BCUT2D eigenvalue weighted by atomic mass is 79.9. The Morgan fingerprint density at radius 2 is 1.42 bits per heavy atom. The number of hydrogen-bond donors (Lipinski definition) is 0. The van der Waals surface area contributed by atoms with Gasteiger partial charge in [-0.2, -0.15) is 0 Å². The second kappa shape index (κ2) is 5.26. The van der Waals surface area contributed by atoms with Gasteiger partial charge in [-0.15, -0.1) is 0 Å². The first kappa shape index (κ1) is 14.5. The molecule has 2 heteroatoms. The molecular weight excluding hydrogens is 312 g/mol. The Hall–Kier alpha value is -0.863. The molecule has 0 saturated heterocycles. The van der Waals surface area contributed by atoms with Gasteiger partial charge < -0.3 is 0 Å². The molecule has 0 unspecified atom stereocenters. The fourth-order valence-corrected chi connectivity index (χ4v) is 3.87. The highest BCUT2D eigenvalue weighted by Crippen LogP contribution is 2.28. The lowest BCUT2D eigenvalue weighted by Crippen LogP contribution is -2.37. The molecule has 0 bridgehead atoms. The van der Waals surface area contributed by atoms with Crippen LogP contribution in [0, 0.1) is 13.8 Å².